The van der Waals surface area contributed by atoms with Crippen LogP contribution in [-0.4, -0.2) is 52.3 Å². The van der Waals surface area contributed by atoms with Crippen LogP contribution in [0, 0.1) is 5.92 Å². The van der Waals surface area contributed by atoms with Gasteiger partial charge >= 0.3 is 12.0 Å². The molecular formula is C12H22N2O4. The first-order chi connectivity index (χ1) is 8.42. The van der Waals surface area contributed by atoms with Gasteiger partial charge in [-0.15, -0.1) is 0 Å². The number of rotatable bonds is 4. The summed E-state index contributed by atoms with van der Waals surface area (Å²) in [5.74, 6) is -0.769. The minimum Gasteiger partial charge on any atom is -0.480 e. The van der Waals surface area contributed by atoms with Crippen molar-refractivity contribution in [2.75, 3.05) is 19.7 Å². The van der Waals surface area contributed by atoms with Gasteiger partial charge in [-0.3, -0.25) is 0 Å². The van der Waals surface area contributed by atoms with E-state index in [0.29, 0.717) is 19.5 Å². The molecule has 0 aromatic heterocycles. The van der Waals surface area contributed by atoms with Gasteiger partial charge in [0.05, 0.1) is 0 Å². The molecule has 6 nitrogen and oxygen atoms in total. The Morgan fingerprint density at radius 3 is 2.33 bits per heavy atom. The van der Waals surface area contributed by atoms with Crippen LogP contribution in [0.4, 0.5) is 4.79 Å². The Labute approximate surface area is 107 Å². The summed E-state index contributed by atoms with van der Waals surface area (Å²) in [6, 6.07) is -0.335. The van der Waals surface area contributed by atoms with Gasteiger partial charge in [0.1, 0.15) is 5.54 Å². The van der Waals surface area contributed by atoms with Crippen LogP contribution in [0.1, 0.15) is 33.1 Å². The second-order valence-corrected chi connectivity index (χ2v) is 5.03. The number of carbonyl (C=O) groups excluding carboxylic acids is 1. The summed E-state index contributed by atoms with van der Waals surface area (Å²) in [6.07, 6.45) is 1.86. The maximum Gasteiger partial charge on any atom is 0.329 e. The SMILES string of the molecule is CCC(C)(NC(=O)N1CCC(CO)CC1)C(=O)O. The second-order valence-electron chi connectivity index (χ2n) is 5.03. The van der Waals surface area contributed by atoms with Crippen LogP contribution in [-0.2, 0) is 4.79 Å². The highest BCUT2D eigenvalue weighted by Crippen LogP contribution is 2.17. The summed E-state index contributed by atoms with van der Waals surface area (Å²) in [5.41, 5.74) is -1.22. The molecule has 0 aromatic rings. The Bertz CT molecular complexity index is 313. The van der Waals surface area contributed by atoms with Crippen LogP contribution >= 0.6 is 0 Å². The number of aliphatic hydroxyl groups is 1. The summed E-state index contributed by atoms with van der Waals surface area (Å²) < 4.78 is 0. The molecule has 2 amide bonds. The first kappa shape index (κ1) is 14.8. The third-order valence-electron chi connectivity index (χ3n) is 3.72. The molecule has 0 aliphatic carbocycles. The van der Waals surface area contributed by atoms with E-state index in [4.69, 9.17) is 10.2 Å². The molecule has 6 heteroatoms. The molecule has 1 saturated heterocycles. The van der Waals surface area contributed by atoms with Crippen molar-refractivity contribution in [2.24, 2.45) is 5.92 Å². The number of nitrogens with zero attached hydrogens (tertiary/aromatic N) is 1. The van der Waals surface area contributed by atoms with Crippen molar-refractivity contribution < 1.29 is 19.8 Å². The fourth-order valence-electron chi connectivity index (χ4n) is 1.93. The summed E-state index contributed by atoms with van der Waals surface area (Å²) >= 11 is 0. The maximum absolute atomic E-state index is 12.0. The fraction of sp³-hybridized carbons (Fsp3) is 0.833. The zero-order valence-corrected chi connectivity index (χ0v) is 11.0. The molecule has 18 heavy (non-hydrogen) atoms. The quantitative estimate of drug-likeness (QED) is 0.690. The molecule has 1 atom stereocenters. The van der Waals surface area contributed by atoms with Crippen LogP contribution < -0.4 is 5.32 Å². The predicted molar refractivity (Wildman–Crippen MR) is 66.2 cm³/mol. The lowest BCUT2D eigenvalue weighted by Crippen LogP contribution is -2.56. The van der Waals surface area contributed by atoms with E-state index >= 15 is 0 Å². The first-order valence-corrected chi connectivity index (χ1v) is 6.34. The zero-order chi connectivity index (χ0) is 13.8. The van der Waals surface area contributed by atoms with Crippen molar-refractivity contribution in [3.8, 4) is 0 Å². The molecule has 3 N–H and O–H groups in total. The van der Waals surface area contributed by atoms with Gasteiger partial charge in [-0.25, -0.2) is 9.59 Å². The minimum atomic E-state index is -1.22. The van der Waals surface area contributed by atoms with E-state index in [1.807, 2.05) is 0 Å². The van der Waals surface area contributed by atoms with Crippen molar-refractivity contribution >= 4 is 12.0 Å². The molecule has 1 rings (SSSR count). The van der Waals surface area contributed by atoms with Gasteiger partial charge in [-0.1, -0.05) is 6.92 Å². The summed E-state index contributed by atoms with van der Waals surface area (Å²) in [6.45, 7) is 4.52. The van der Waals surface area contributed by atoms with E-state index in [2.05, 4.69) is 5.32 Å². The summed E-state index contributed by atoms with van der Waals surface area (Å²) in [4.78, 5) is 24.7. The average Bonchev–Trinajstić information content (AvgIpc) is 2.38. The topological polar surface area (TPSA) is 89.9 Å². The lowest BCUT2D eigenvalue weighted by molar-refractivity contribution is -0.143. The van der Waals surface area contributed by atoms with Gasteiger partial charge < -0.3 is 20.4 Å². The van der Waals surface area contributed by atoms with Crippen LogP contribution in [0.15, 0.2) is 0 Å². The van der Waals surface area contributed by atoms with Crippen molar-refractivity contribution in [1.29, 1.82) is 0 Å². The molecule has 1 fully saturated rings. The number of urea groups is 1. The van der Waals surface area contributed by atoms with E-state index in [9.17, 15) is 9.59 Å². The third kappa shape index (κ3) is 3.35. The van der Waals surface area contributed by atoms with Crippen LogP contribution in [0.25, 0.3) is 0 Å². The maximum atomic E-state index is 12.0. The second kappa shape index (κ2) is 6.04. The van der Waals surface area contributed by atoms with E-state index < -0.39 is 11.5 Å². The number of carboxylic acids is 1. The number of piperidine rings is 1. The molecule has 0 bridgehead atoms. The standard InChI is InChI=1S/C12H22N2O4/c1-3-12(2,10(16)17)13-11(18)14-6-4-9(8-15)5-7-14/h9,15H,3-8H2,1-2H3,(H,13,18)(H,16,17). The van der Waals surface area contributed by atoms with E-state index in [1.165, 1.54) is 6.92 Å². The molecule has 1 aliphatic rings. The highest BCUT2D eigenvalue weighted by atomic mass is 16.4. The average molecular weight is 258 g/mol. The van der Waals surface area contributed by atoms with Crippen molar-refractivity contribution in [3.63, 3.8) is 0 Å². The lowest BCUT2D eigenvalue weighted by Gasteiger charge is -2.34. The van der Waals surface area contributed by atoms with Crippen LogP contribution in [0.5, 0.6) is 0 Å². The van der Waals surface area contributed by atoms with Gasteiger partial charge in [0.2, 0.25) is 0 Å². The van der Waals surface area contributed by atoms with Gasteiger partial charge in [0.15, 0.2) is 0 Å². The van der Waals surface area contributed by atoms with E-state index in [0.717, 1.165) is 12.8 Å². The number of aliphatic carboxylic acids is 1. The van der Waals surface area contributed by atoms with Gasteiger partial charge in [-0.2, -0.15) is 0 Å². The largest absolute Gasteiger partial charge is 0.480 e. The Morgan fingerprint density at radius 1 is 1.39 bits per heavy atom. The van der Waals surface area contributed by atoms with Crippen LogP contribution in [0.3, 0.4) is 0 Å². The Hall–Kier alpha value is -1.30. The minimum absolute atomic E-state index is 0.150. The fourth-order valence-corrected chi connectivity index (χ4v) is 1.93. The van der Waals surface area contributed by atoms with Gasteiger partial charge in [0, 0.05) is 19.7 Å². The highest BCUT2D eigenvalue weighted by Gasteiger charge is 2.34. The van der Waals surface area contributed by atoms with E-state index in [-0.39, 0.29) is 18.6 Å². The van der Waals surface area contributed by atoms with Crippen molar-refractivity contribution in [1.82, 2.24) is 10.2 Å². The normalized spacial score (nSPS) is 20.3. The smallest absolute Gasteiger partial charge is 0.329 e. The highest BCUT2D eigenvalue weighted by molar-refractivity contribution is 5.85. The van der Waals surface area contributed by atoms with Gasteiger partial charge in [-0.05, 0) is 32.1 Å². The summed E-state index contributed by atoms with van der Waals surface area (Å²) in [5, 5.41) is 20.7. The number of hydrogen-bond donors (Lipinski definition) is 3. The third-order valence-corrected chi connectivity index (χ3v) is 3.72. The molecule has 104 valence electrons. The Morgan fingerprint density at radius 2 is 1.94 bits per heavy atom. The van der Waals surface area contributed by atoms with Crippen LogP contribution in [0.2, 0.25) is 0 Å². The van der Waals surface area contributed by atoms with E-state index in [1.54, 1.807) is 11.8 Å². The Kier molecular flexibility index (Phi) is 4.95. The molecule has 1 heterocycles. The molecule has 0 saturated carbocycles. The van der Waals surface area contributed by atoms with Crippen molar-refractivity contribution in [2.45, 2.75) is 38.6 Å². The number of nitrogens with one attached hydrogen (secondary N) is 1. The Balaban J connectivity index is 2.53. The molecule has 0 radical (unpaired) electrons. The summed E-state index contributed by atoms with van der Waals surface area (Å²) in [7, 11) is 0. The molecule has 0 aromatic carbocycles. The zero-order valence-electron chi connectivity index (χ0n) is 11.0. The number of carboxylic acid groups (broad SMARTS) is 1. The lowest BCUT2D eigenvalue weighted by atomic mass is 9.97. The number of carbonyl (C=O) groups is 2. The monoisotopic (exact) mass is 258 g/mol. The van der Waals surface area contributed by atoms with Crippen molar-refractivity contribution in [3.05, 3.63) is 0 Å². The predicted octanol–water partition coefficient (Wildman–Crippen LogP) is 0.654. The molecule has 1 unspecified atom stereocenters. The number of amides is 2. The molecular weight excluding hydrogens is 236 g/mol. The number of likely N-dealkylation sites (tertiary alicyclic amines) is 1. The number of aliphatic hydroxyl groups excluding tert-OH is 1. The molecule has 1 aliphatic heterocycles. The first-order valence-electron chi connectivity index (χ1n) is 6.34. The molecule has 0 spiro atoms. The van der Waals surface area contributed by atoms with Gasteiger partial charge in [0.25, 0.3) is 0 Å². The number of hydrogen-bond acceptors (Lipinski definition) is 3.